The van der Waals surface area contributed by atoms with Crippen LogP contribution in [0.2, 0.25) is 0 Å². The fourth-order valence-electron chi connectivity index (χ4n) is 3.32. The van der Waals surface area contributed by atoms with E-state index in [1.54, 1.807) is 11.0 Å². The maximum Gasteiger partial charge on any atom is 0.227 e. The fourth-order valence-corrected chi connectivity index (χ4v) is 3.32. The Morgan fingerprint density at radius 2 is 1.90 bits per heavy atom. The number of fused-ring (bicyclic) bond motifs is 1. The number of hydrogen-bond donors (Lipinski definition) is 2. The summed E-state index contributed by atoms with van der Waals surface area (Å²) in [4.78, 5) is 13.8. The van der Waals surface area contributed by atoms with E-state index < -0.39 is 0 Å². The maximum atomic E-state index is 4.76. The molecule has 30 heavy (non-hydrogen) atoms. The topological polar surface area (TPSA) is 85.5 Å². The van der Waals surface area contributed by atoms with E-state index in [4.69, 9.17) is 4.98 Å². The highest BCUT2D eigenvalue weighted by Crippen LogP contribution is 2.30. The van der Waals surface area contributed by atoms with Crippen LogP contribution in [0.1, 0.15) is 37.5 Å². The third-order valence-electron chi connectivity index (χ3n) is 5.14. The average molecular weight is 405 g/mol. The molecule has 0 amide bonds. The summed E-state index contributed by atoms with van der Waals surface area (Å²) >= 11 is 0. The van der Waals surface area contributed by atoms with Crippen molar-refractivity contribution in [3.8, 4) is 0 Å². The molecular weight excluding hydrogens is 376 g/mol. The van der Waals surface area contributed by atoms with Gasteiger partial charge in [-0.05, 0) is 29.5 Å². The molecule has 0 saturated heterocycles. The lowest BCUT2D eigenvalue weighted by atomic mass is 9.86. The molecule has 156 valence electrons. The minimum Gasteiger partial charge on any atom is -0.350 e. The molecule has 4 aromatic rings. The van der Waals surface area contributed by atoms with Crippen LogP contribution in [0.5, 0.6) is 0 Å². The van der Waals surface area contributed by atoms with Gasteiger partial charge >= 0.3 is 0 Å². The maximum absolute atomic E-state index is 4.76. The minimum atomic E-state index is 0.0636. The van der Waals surface area contributed by atoms with Crippen molar-refractivity contribution in [2.24, 2.45) is 14.1 Å². The van der Waals surface area contributed by atoms with Crippen molar-refractivity contribution in [1.82, 2.24) is 29.3 Å². The summed E-state index contributed by atoms with van der Waals surface area (Å²) in [5.41, 5.74) is 6.08. The predicted octanol–water partition coefficient (Wildman–Crippen LogP) is 4.06. The third-order valence-corrected chi connectivity index (χ3v) is 5.14. The van der Waals surface area contributed by atoms with E-state index in [2.05, 4.69) is 71.6 Å². The first-order chi connectivity index (χ1) is 14.2. The van der Waals surface area contributed by atoms with E-state index in [1.165, 1.54) is 5.56 Å². The van der Waals surface area contributed by atoms with E-state index >= 15 is 0 Å². The molecule has 4 rings (SSSR count). The van der Waals surface area contributed by atoms with Gasteiger partial charge in [0.15, 0.2) is 11.5 Å². The number of benzene rings is 1. The van der Waals surface area contributed by atoms with E-state index in [0.717, 1.165) is 28.1 Å². The summed E-state index contributed by atoms with van der Waals surface area (Å²) < 4.78 is 3.71. The van der Waals surface area contributed by atoms with E-state index in [-0.39, 0.29) is 5.41 Å². The molecule has 0 bridgehead atoms. The van der Waals surface area contributed by atoms with Crippen LogP contribution in [-0.4, -0.2) is 29.3 Å². The number of nitrogens with zero attached hydrogens (tertiary/aromatic N) is 6. The molecule has 0 saturated carbocycles. The minimum absolute atomic E-state index is 0.0636. The summed E-state index contributed by atoms with van der Waals surface area (Å²) in [5, 5.41) is 11.0. The lowest BCUT2D eigenvalue weighted by molar-refractivity contribution is 0.590. The summed E-state index contributed by atoms with van der Waals surface area (Å²) in [6.45, 7) is 9.33. The van der Waals surface area contributed by atoms with Crippen LogP contribution >= 0.6 is 0 Å². The smallest absolute Gasteiger partial charge is 0.227 e. The number of aryl methyl sites for hydroxylation is 3. The second-order valence-corrected chi connectivity index (χ2v) is 8.70. The Morgan fingerprint density at radius 3 is 2.60 bits per heavy atom. The Bertz CT molecular complexity index is 1200. The highest BCUT2D eigenvalue weighted by molar-refractivity contribution is 5.87. The van der Waals surface area contributed by atoms with Crippen LogP contribution in [0, 0.1) is 6.92 Å². The van der Waals surface area contributed by atoms with Crippen LogP contribution < -0.4 is 10.6 Å². The molecule has 1 aromatic carbocycles. The molecule has 0 aliphatic rings. The second-order valence-electron chi connectivity index (χ2n) is 8.70. The Morgan fingerprint density at radius 1 is 1.10 bits per heavy atom. The molecule has 0 spiro atoms. The van der Waals surface area contributed by atoms with Crippen molar-refractivity contribution in [2.75, 3.05) is 10.6 Å². The Labute approximate surface area is 176 Å². The standard InChI is InChI=1S/C22H28N8/c1-14-7-8-16(22(2,3)4)9-17(14)26-20-18-19(24-13-29(18)5)27-21(28-20)23-10-15-11-25-30(6)12-15/h7-9,11-13H,10H2,1-6H3,(H2,23,26,27,28). The van der Waals surface area contributed by atoms with Crippen LogP contribution in [0.4, 0.5) is 17.5 Å². The first kappa shape index (κ1) is 19.9. The largest absolute Gasteiger partial charge is 0.350 e. The van der Waals surface area contributed by atoms with Crippen molar-refractivity contribution in [1.29, 1.82) is 0 Å². The predicted molar refractivity (Wildman–Crippen MR) is 120 cm³/mol. The monoisotopic (exact) mass is 404 g/mol. The normalized spacial score (nSPS) is 11.8. The molecule has 3 heterocycles. The highest BCUT2D eigenvalue weighted by atomic mass is 15.2. The number of nitrogens with one attached hydrogen (secondary N) is 2. The fraction of sp³-hybridized carbons (Fsp3) is 0.364. The Balaban J connectivity index is 1.70. The highest BCUT2D eigenvalue weighted by Gasteiger charge is 2.17. The molecule has 8 nitrogen and oxygen atoms in total. The zero-order chi connectivity index (χ0) is 21.5. The van der Waals surface area contributed by atoms with Gasteiger partial charge in [-0.2, -0.15) is 15.1 Å². The molecule has 8 heteroatoms. The van der Waals surface area contributed by atoms with E-state index in [1.807, 2.05) is 31.1 Å². The molecule has 3 aromatic heterocycles. The molecule has 0 atom stereocenters. The second kappa shape index (κ2) is 7.44. The summed E-state index contributed by atoms with van der Waals surface area (Å²) in [7, 11) is 3.85. The zero-order valence-corrected chi connectivity index (χ0v) is 18.4. The van der Waals surface area contributed by atoms with Crippen LogP contribution in [0.15, 0.2) is 36.9 Å². The molecular formula is C22H28N8. The number of anilines is 3. The van der Waals surface area contributed by atoms with Crippen molar-refractivity contribution in [3.05, 3.63) is 53.6 Å². The van der Waals surface area contributed by atoms with Crippen molar-refractivity contribution < 1.29 is 0 Å². The lowest BCUT2D eigenvalue weighted by Crippen LogP contribution is -2.12. The van der Waals surface area contributed by atoms with Gasteiger partial charge in [-0.25, -0.2) is 4.98 Å². The van der Waals surface area contributed by atoms with Crippen molar-refractivity contribution in [2.45, 2.75) is 39.7 Å². The SMILES string of the molecule is Cc1ccc(C(C)(C)C)cc1Nc1nc(NCc2cnn(C)c2)nc2ncn(C)c12. The number of hydrogen-bond acceptors (Lipinski definition) is 6. The first-order valence-electron chi connectivity index (χ1n) is 9.99. The van der Waals surface area contributed by atoms with Gasteiger partial charge < -0.3 is 15.2 Å². The van der Waals surface area contributed by atoms with Crippen molar-refractivity contribution >= 4 is 28.6 Å². The van der Waals surface area contributed by atoms with Crippen LogP contribution in [0.3, 0.4) is 0 Å². The van der Waals surface area contributed by atoms with Crippen molar-refractivity contribution in [3.63, 3.8) is 0 Å². The Kier molecular flexibility index (Phi) is 4.93. The third kappa shape index (κ3) is 3.98. The van der Waals surface area contributed by atoms with Crippen LogP contribution in [-0.2, 0) is 26.1 Å². The van der Waals surface area contributed by atoms with Gasteiger partial charge in [-0.15, -0.1) is 0 Å². The van der Waals surface area contributed by atoms with E-state index in [0.29, 0.717) is 18.1 Å². The van der Waals surface area contributed by atoms with Gasteiger partial charge in [0.25, 0.3) is 0 Å². The average Bonchev–Trinajstić information content (AvgIpc) is 3.26. The summed E-state index contributed by atoms with van der Waals surface area (Å²) in [6, 6.07) is 6.52. The van der Waals surface area contributed by atoms with Gasteiger partial charge in [-0.3, -0.25) is 4.68 Å². The quantitative estimate of drug-likeness (QED) is 0.522. The molecule has 2 N–H and O–H groups in total. The number of aromatic nitrogens is 6. The molecule has 0 radical (unpaired) electrons. The Hall–Kier alpha value is -3.42. The number of imidazole rings is 1. The lowest BCUT2D eigenvalue weighted by Gasteiger charge is -2.21. The van der Waals surface area contributed by atoms with Crippen LogP contribution in [0.25, 0.3) is 11.2 Å². The zero-order valence-electron chi connectivity index (χ0n) is 18.4. The van der Waals surface area contributed by atoms with E-state index in [9.17, 15) is 0 Å². The molecule has 0 aliphatic carbocycles. The van der Waals surface area contributed by atoms with Gasteiger partial charge in [0, 0.05) is 38.1 Å². The summed E-state index contributed by atoms with van der Waals surface area (Å²) in [5.74, 6) is 1.25. The molecule has 0 unspecified atom stereocenters. The first-order valence-corrected chi connectivity index (χ1v) is 9.99. The van der Waals surface area contributed by atoms with Gasteiger partial charge in [0.1, 0.15) is 5.52 Å². The van der Waals surface area contributed by atoms with Gasteiger partial charge in [0.2, 0.25) is 5.95 Å². The molecule has 0 aliphatic heterocycles. The van der Waals surface area contributed by atoms with Gasteiger partial charge in [-0.1, -0.05) is 32.9 Å². The molecule has 0 fully saturated rings. The van der Waals surface area contributed by atoms with Gasteiger partial charge in [0.05, 0.1) is 12.5 Å². The summed E-state index contributed by atoms with van der Waals surface area (Å²) in [6.07, 6.45) is 5.55. The number of rotatable bonds is 5.